The van der Waals surface area contributed by atoms with Crippen molar-refractivity contribution in [3.63, 3.8) is 0 Å². The van der Waals surface area contributed by atoms with Gasteiger partial charge in [0.1, 0.15) is 0 Å². The van der Waals surface area contributed by atoms with Gasteiger partial charge in [-0.05, 0) is 31.7 Å². The molecule has 2 aliphatic rings. The van der Waals surface area contributed by atoms with E-state index in [0.717, 1.165) is 25.0 Å². The largest absolute Gasteiger partial charge is 0.298 e. The summed E-state index contributed by atoms with van der Waals surface area (Å²) in [7, 11) is 0. The lowest BCUT2D eigenvalue weighted by Crippen LogP contribution is -2.55. The molecule has 2 atom stereocenters. The van der Waals surface area contributed by atoms with Crippen LogP contribution in [-0.4, -0.2) is 46.5 Å². The van der Waals surface area contributed by atoms with Crippen LogP contribution in [-0.2, 0) is 13.0 Å². The minimum Gasteiger partial charge on any atom is -0.298 e. The van der Waals surface area contributed by atoms with E-state index in [1.807, 2.05) is 11.3 Å². The molecule has 4 heteroatoms. The first-order valence-electron chi connectivity index (χ1n) is 8.57. The van der Waals surface area contributed by atoms with Gasteiger partial charge in [0, 0.05) is 49.2 Å². The SMILES string of the molecule is CC[C@@H]1CN2CCC[C@@H]2CN1Cc1cnc(CC(C)C)s1. The Morgan fingerprint density at radius 3 is 3.00 bits per heavy atom. The molecule has 0 amide bonds. The predicted octanol–water partition coefficient (Wildman–Crippen LogP) is 3.40. The van der Waals surface area contributed by atoms with Crippen LogP contribution in [0.1, 0.15) is 49.9 Å². The molecule has 2 aliphatic heterocycles. The summed E-state index contributed by atoms with van der Waals surface area (Å²) < 4.78 is 0. The van der Waals surface area contributed by atoms with Gasteiger partial charge in [0.2, 0.25) is 0 Å². The normalized spacial score (nSPS) is 27.4. The van der Waals surface area contributed by atoms with Gasteiger partial charge >= 0.3 is 0 Å². The Balaban J connectivity index is 1.63. The van der Waals surface area contributed by atoms with Gasteiger partial charge in [0.25, 0.3) is 0 Å². The zero-order valence-electron chi connectivity index (χ0n) is 13.7. The second kappa shape index (κ2) is 6.76. The number of aromatic nitrogens is 1. The van der Waals surface area contributed by atoms with Crippen LogP contribution in [0.4, 0.5) is 0 Å². The van der Waals surface area contributed by atoms with Crippen molar-refractivity contribution < 1.29 is 0 Å². The Bertz CT molecular complexity index is 457. The molecular formula is C17H29N3S. The molecule has 1 aromatic heterocycles. The Hall–Kier alpha value is -0.450. The first kappa shape index (κ1) is 15.4. The van der Waals surface area contributed by atoms with E-state index in [9.17, 15) is 0 Å². The van der Waals surface area contributed by atoms with Gasteiger partial charge in [0.05, 0.1) is 5.01 Å². The Morgan fingerprint density at radius 1 is 1.38 bits per heavy atom. The average molecular weight is 308 g/mol. The van der Waals surface area contributed by atoms with E-state index in [0.29, 0.717) is 5.92 Å². The van der Waals surface area contributed by atoms with E-state index in [1.54, 1.807) is 0 Å². The van der Waals surface area contributed by atoms with Crippen LogP contribution < -0.4 is 0 Å². The van der Waals surface area contributed by atoms with Gasteiger partial charge in [-0.2, -0.15) is 0 Å². The Labute approximate surface area is 133 Å². The first-order valence-corrected chi connectivity index (χ1v) is 9.39. The number of thiazole rings is 1. The van der Waals surface area contributed by atoms with Crippen molar-refractivity contribution in [2.75, 3.05) is 19.6 Å². The highest BCUT2D eigenvalue weighted by Crippen LogP contribution is 2.28. The quantitative estimate of drug-likeness (QED) is 0.831. The van der Waals surface area contributed by atoms with Crippen molar-refractivity contribution in [1.29, 1.82) is 0 Å². The van der Waals surface area contributed by atoms with Crippen molar-refractivity contribution in [3.05, 3.63) is 16.1 Å². The molecule has 0 aromatic carbocycles. The van der Waals surface area contributed by atoms with Crippen molar-refractivity contribution in [2.24, 2.45) is 5.92 Å². The monoisotopic (exact) mass is 307 g/mol. The molecule has 3 nitrogen and oxygen atoms in total. The third kappa shape index (κ3) is 3.66. The van der Waals surface area contributed by atoms with Crippen LogP contribution in [0.15, 0.2) is 6.20 Å². The lowest BCUT2D eigenvalue weighted by molar-refractivity contribution is 0.0443. The topological polar surface area (TPSA) is 19.4 Å². The molecular weight excluding hydrogens is 278 g/mol. The van der Waals surface area contributed by atoms with Gasteiger partial charge in [0.15, 0.2) is 0 Å². The summed E-state index contributed by atoms with van der Waals surface area (Å²) in [6, 6.07) is 1.55. The highest BCUT2D eigenvalue weighted by molar-refractivity contribution is 7.11. The Morgan fingerprint density at radius 2 is 2.24 bits per heavy atom. The molecule has 0 saturated carbocycles. The summed E-state index contributed by atoms with van der Waals surface area (Å²) in [5.74, 6) is 0.703. The molecule has 0 aliphatic carbocycles. The zero-order valence-corrected chi connectivity index (χ0v) is 14.5. The predicted molar refractivity (Wildman–Crippen MR) is 89.7 cm³/mol. The van der Waals surface area contributed by atoms with E-state index in [4.69, 9.17) is 0 Å². The maximum Gasteiger partial charge on any atom is 0.0930 e. The fourth-order valence-corrected chi connectivity index (χ4v) is 4.95. The lowest BCUT2D eigenvalue weighted by atomic mass is 10.1. The van der Waals surface area contributed by atoms with Crippen LogP contribution in [0.3, 0.4) is 0 Å². The van der Waals surface area contributed by atoms with Gasteiger partial charge in [-0.25, -0.2) is 4.98 Å². The molecule has 118 valence electrons. The molecule has 2 saturated heterocycles. The third-order valence-electron chi connectivity index (χ3n) is 4.92. The maximum atomic E-state index is 4.62. The van der Waals surface area contributed by atoms with Crippen molar-refractivity contribution >= 4 is 11.3 Å². The van der Waals surface area contributed by atoms with Crippen LogP contribution in [0.2, 0.25) is 0 Å². The van der Waals surface area contributed by atoms with Crippen molar-refractivity contribution in [1.82, 2.24) is 14.8 Å². The molecule has 0 radical (unpaired) electrons. The van der Waals surface area contributed by atoms with Gasteiger partial charge < -0.3 is 0 Å². The van der Waals surface area contributed by atoms with Gasteiger partial charge in [-0.15, -0.1) is 11.3 Å². The molecule has 3 rings (SSSR count). The number of hydrogen-bond donors (Lipinski definition) is 0. The minimum atomic E-state index is 0.703. The standard InChI is InChI=1S/C17H29N3S/c1-4-14-10-19-7-5-6-15(19)11-20(14)12-16-9-18-17(21-16)8-13(2)3/h9,13-15H,4-8,10-12H2,1-3H3/t14-,15-/m1/s1. The third-order valence-corrected chi connectivity index (χ3v) is 5.92. The number of rotatable bonds is 5. The van der Waals surface area contributed by atoms with E-state index < -0.39 is 0 Å². The summed E-state index contributed by atoms with van der Waals surface area (Å²) in [6.45, 7) is 11.9. The molecule has 1 aromatic rings. The highest BCUT2D eigenvalue weighted by Gasteiger charge is 2.35. The smallest absolute Gasteiger partial charge is 0.0930 e. The molecule has 2 fully saturated rings. The van der Waals surface area contributed by atoms with Crippen LogP contribution in [0.5, 0.6) is 0 Å². The number of nitrogens with zero attached hydrogens (tertiary/aromatic N) is 3. The van der Waals surface area contributed by atoms with Crippen molar-refractivity contribution in [3.8, 4) is 0 Å². The minimum absolute atomic E-state index is 0.703. The van der Waals surface area contributed by atoms with E-state index in [2.05, 4.69) is 41.8 Å². The lowest BCUT2D eigenvalue weighted by Gasteiger charge is -2.43. The summed E-state index contributed by atoms with van der Waals surface area (Å²) in [6.07, 6.45) is 7.30. The summed E-state index contributed by atoms with van der Waals surface area (Å²) in [4.78, 5) is 11.5. The zero-order chi connectivity index (χ0) is 14.8. The average Bonchev–Trinajstić information content (AvgIpc) is 3.06. The summed E-state index contributed by atoms with van der Waals surface area (Å²) in [5, 5.41) is 1.31. The van der Waals surface area contributed by atoms with Crippen molar-refractivity contribution in [2.45, 2.75) is 65.1 Å². The Kier molecular flexibility index (Phi) is 4.97. The van der Waals surface area contributed by atoms with E-state index >= 15 is 0 Å². The second-order valence-electron chi connectivity index (χ2n) is 7.10. The molecule has 0 bridgehead atoms. The van der Waals surface area contributed by atoms with E-state index in [-0.39, 0.29) is 0 Å². The molecule has 0 unspecified atom stereocenters. The van der Waals surface area contributed by atoms with Gasteiger partial charge in [-0.3, -0.25) is 9.80 Å². The molecule has 3 heterocycles. The molecule has 0 spiro atoms. The number of piperazine rings is 1. The fourth-order valence-electron chi connectivity index (χ4n) is 3.79. The molecule has 21 heavy (non-hydrogen) atoms. The fraction of sp³-hybridized carbons (Fsp3) is 0.824. The van der Waals surface area contributed by atoms with Crippen LogP contribution >= 0.6 is 11.3 Å². The van der Waals surface area contributed by atoms with Crippen LogP contribution in [0.25, 0.3) is 0 Å². The first-order chi connectivity index (χ1) is 10.2. The summed E-state index contributed by atoms with van der Waals surface area (Å²) >= 11 is 1.93. The van der Waals surface area contributed by atoms with E-state index in [1.165, 1.54) is 48.8 Å². The number of hydrogen-bond acceptors (Lipinski definition) is 4. The van der Waals surface area contributed by atoms with Gasteiger partial charge in [-0.1, -0.05) is 20.8 Å². The van der Waals surface area contributed by atoms with Crippen LogP contribution in [0, 0.1) is 5.92 Å². The summed E-state index contributed by atoms with van der Waals surface area (Å²) in [5.41, 5.74) is 0. The second-order valence-corrected chi connectivity index (χ2v) is 8.30. The highest BCUT2D eigenvalue weighted by atomic mass is 32.1. The maximum absolute atomic E-state index is 4.62. The molecule has 0 N–H and O–H groups in total. The number of fused-ring (bicyclic) bond motifs is 1.